The third kappa shape index (κ3) is 7.82. The number of amides is 2. The van der Waals surface area contributed by atoms with Gasteiger partial charge in [-0.2, -0.15) is 0 Å². The molecule has 0 radical (unpaired) electrons. The maximum Gasteiger partial charge on any atom is 0.239 e. The van der Waals surface area contributed by atoms with Crippen molar-refractivity contribution in [2.75, 3.05) is 39.6 Å². The third-order valence-corrected chi connectivity index (χ3v) is 1.69. The summed E-state index contributed by atoms with van der Waals surface area (Å²) in [4.78, 5) is 23.7. The van der Waals surface area contributed by atoms with Gasteiger partial charge < -0.3 is 15.5 Å². The summed E-state index contributed by atoms with van der Waals surface area (Å²) in [6, 6.07) is 0. The number of carbonyl (C=O) groups is 2. The van der Waals surface area contributed by atoms with E-state index in [9.17, 15) is 9.59 Å². The molecule has 0 aliphatic rings. The van der Waals surface area contributed by atoms with Crippen molar-refractivity contribution in [3.8, 4) is 0 Å². The minimum Gasteiger partial charge on any atom is -0.353 e. The van der Waals surface area contributed by atoms with Crippen LogP contribution in [0.1, 0.15) is 0 Å². The summed E-state index contributed by atoms with van der Waals surface area (Å²) in [5.41, 5.74) is 0. The Morgan fingerprint density at radius 3 is 2.36 bits per heavy atom. The molecular weight excluding hydrogens is 206 g/mol. The molecule has 0 aromatic carbocycles. The number of nitrogens with one attached hydrogen (secondary N) is 2. The molecule has 0 rings (SSSR count). The van der Waals surface area contributed by atoms with Gasteiger partial charge in [-0.25, -0.2) is 0 Å². The van der Waals surface area contributed by atoms with Crippen molar-refractivity contribution in [3.63, 3.8) is 0 Å². The second kappa shape index (κ2) is 7.58. The molecule has 2 amide bonds. The molecular formula is C8H16ClN3O2. The Bertz CT molecular complexity index is 197. The molecule has 2 N–H and O–H groups in total. The van der Waals surface area contributed by atoms with Crippen LogP contribution in [0.5, 0.6) is 0 Å². The highest BCUT2D eigenvalue weighted by atomic mass is 35.5. The van der Waals surface area contributed by atoms with Crippen LogP contribution in [-0.4, -0.2) is 56.3 Å². The van der Waals surface area contributed by atoms with Gasteiger partial charge in [0, 0.05) is 13.1 Å². The van der Waals surface area contributed by atoms with Crippen molar-refractivity contribution >= 4 is 23.4 Å². The lowest BCUT2D eigenvalue weighted by Gasteiger charge is -2.10. The summed E-state index contributed by atoms with van der Waals surface area (Å²) in [7, 11) is 3.84. The summed E-state index contributed by atoms with van der Waals surface area (Å²) in [5.74, 6) is -0.662. The Balaban J connectivity index is 3.42. The maximum absolute atomic E-state index is 11.1. The van der Waals surface area contributed by atoms with Gasteiger partial charge in [-0.1, -0.05) is 0 Å². The van der Waals surface area contributed by atoms with Crippen LogP contribution in [0.25, 0.3) is 0 Å². The number of likely N-dealkylation sites (N-methyl/N-ethyl adjacent to an activating group) is 1. The smallest absolute Gasteiger partial charge is 0.239 e. The van der Waals surface area contributed by atoms with Crippen molar-refractivity contribution in [2.24, 2.45) is 0 Å². The first-order valence-corrected chi connectivity index (χ1v) is 4.83. The highest BCUT2D eigenvalue weighted by Crippen LogP contribution is 1.74. The molecule has 0 aliphatic carbocycles. The monoisotopic (exact) mass is 221 g/mol. The average Bonchev–Trinajstić information content (AvgIpc) is 2.13. The van der Waals surface area contributed by atoms with E-state index >= 15 is 0 Å². The van der Waals surface area contributed by atoms with E-state index in [0.29, 0.717) is 6.54 Å². The Kier molecular flexibility index (Phi) is 7.14. The number of carbonyl (C=O) groups excluding carboxylic acids is 2. The fourth-order valence-corrected chi connectivity index (χ4v) is 0.802. The lowest BCUT2D eigenvalue weighted by molar-refractivity contribution is -0.124. The van der Waals surface area contributed by atoms with Gasteiger partial charge in [-0.05, 0) is 14.1 Å². The first-order chi connectivity index (χ1) is 6.56. The Morgan fingerprint density at radius 2 is 1.86 bits per heavy atom. The Labute approximate surface area is 88.8 Å². The lowest BCUT2D eigenvalue weighted by atomic mass is 10.5. The summed E-state index contributed by atoms with van der Waals surface area (Å²) < 4.78 is 0. The van der Waals surface area contributed by atoms with E-state index in [4.69, 9.17) is 11.6 Å². The summed E-state index contributed by atoms with van der Waals surface area (Å²) >= 11 is 5.23. The second-order valence-corrected chi connectivity index (χ2v) is 3.33. The molecule has 0 aromatic heterocycles. The van der Waals surface area contributed by atoms with Crippen LogP contribution < -0.4 is 10.6 Å². The summed E-state index contributed by atoms with van der Waals surface area (Å²) in [5, 5.41) is 5.03. The molecule has 0 atom stereocenters. The normalized spacial score (nSPS) is 10.0. The summed E-state index contributed by atoms with van der Waals surface area (Å²) in [6.07, 6.45) is 0. The highest BCUT2D eigenvalue weighted by Gasteiger charge is 2.03. The van der Waals surface area contributed by atoms with Gasteiger partial charge in [0.25, 0.3) is 0 Å². The Morgan fingerprint density at radius 1 is 1.21 bits per heavy atom. The maximum atomic E-state index is 11.1. The van der Waals surface area contributed by atoms with E-state index in [1.807, 2.05) is 19.0 Å². The van der Waals surface area contributed by atoms with Gasteiger partial charge in [-0.15, -0.1) is 11.6 Å². The molecule has 0 spiro atoms. The van der Waals surface area contributed by atoms with Gasteiger partial charge in [0.15, 0.2) is 0 Å². The molecule has 6 heteroatoms. The van der Waals surface area contributed by atoms with Crippen molar-refractivity contribution < 1.29 is 9.59 Å². The van der Waals surface area contributed by atoms with E-state index in [1.165, 1.54) is 0 Å². The summed E-state index contributed by atoms with van der Waals surface area (Å²) in [6.45, 7) is 1.33. The van der Waals surface area contributed by atoms with Gasteiger partial charge in [0.05, 0.1) is 6.54 Å². The number of halogens is 1. The van der Waals surface area contributed by atoms with Crippen molar-refractivity contribution in [3.05, 3.63) is 0 Å². The van der Waals surface area contributed by atoms with Crippen LogP contribution in [0.4, 0.5) is 0 Å². The Hall–Kier alpha value is -0.810. The zero-order valence-corrected chi connectivity index (χ0v) is 9.23. The number of nitrogens with zero attached hydrogens (tertiary/aromatic N) is 1. The topological polar surface area (TPSA) is 61.4 Å². The van der Waals surface area contributed by atoms with Gasteiger partial charge in [0.2, 0.25) is 11.8 Å². The predicted molar refractivity (Wildman–Crippen MR) is 55.3 cm³/mol. The van der Waals surface area contributed by atoms with Crippen molar-refractivity contribution in [1.82, 2.24) is 15.5 Å². The van der Waals surface area contributed by atoms with E-state index in [1.54, 1.807) is 0 Å². The third-order valence-electron chi connectivity index (χ3n) is 1.45. The number of hydrogen-bond acceptors (Lipinski definition) is 3. The van der Waals surface area contributed by atoms with Crippen LogP contribution in [-0.2, 0) is 9.59 Å². The molecule has 0 fully saturated rings. The molecule has 82 valence electrons. The first-order valence-electron chi connectivity index (χ1n) is 4.30. The van der Waals surface area contributed by atoms with Gasteiger partial charge in [0.1, 0.15) is 5.88 Å². The van der Waals surface area contributed by atoms with Gasteiger partial charge in [-0.3, -0.25) is 9.59 Å². The quantitative estimate of drug-likeness (QED) is 0.567. The van der Waals surface area contributed by atoms with Crippen LogP contribution >= 0.6 is 11.6 Å². The van der Waals surface area contributed by atoms with Crippen molar-refractivity contribution in [2.45, 2.75) is 0 Å². The van der Waals surface area contributed by atoms with Crippen molar-refractivity contribution in [1.29, 1.82) is 0 Å². The minimum atomic E-state index is -0.338. The molecule has 0 unspecified atom stereocenters. The SMILES string of the molecule is CN(C)CCNC(=O)CNC(=O)CCl. The number of rotatable bonds is 6. The second-order valence-electron chi connectivity index (χ2n) is 3.06. The minimum absolute atomic E-state index is 0.0149. The molecule has 0 aliphatic heterocycles. The molecule has 5 nitrogen and oxygen atoms in total. The predicted octanol–water partition coefficient (Wildman–Crippen LogP) is -0.981. The fraction of sp³-hybridized carbons (Fsp3) is 0.750. The van der Waals surface area contributed by atoms with E-state index < -0.39 is 0 Å². The molecule has 0 saturated carbocycles. The standard InChI is InChI=1S/C8H16ClN3O2/c1-12(2)4-3-10-8(14)6-11-7(13)5-9/h3-6H2,1-2H3,(H,10,14)(H,11,13). The zero-order valence-electron chi connectivity index (χ0n) is 8.47. The van der Waals surface area contributed by atoms with Crippen LogP contribution in [0, 0.1) is 0 Å². The lowest BCUT2D eigenvalue weighted by Crippen LogP contribution is -2.39. The highest BCUT2D eigenvalue weighted by molar-refractivity contribution is 6.27. The molecule has 0 bridgehead atoms. The molecule has 0 saturated heterocycles. The van der Waals surface area contributed by atoms with E-state index in [-0.39, 0.29) is 24.2 Å². The first kappa shape index (κ1) is 13.2. The van der Waals surface area contributed by atoms with Crippen LogP contribution in [0.15, 0.2) is 0 Å². The number of hydrogen-bond donors (Lipinski definition) is 2. The molecule has 0 heterocycles. The molecule has 14 heavy (non-hydrogen) atoms. The van der Waals surface area contributed by atoms with Crippen LogP contribution in [0.2, 0.25) is 0 Å². The average molecular weight is 222 g/mol. The fourth-order valence-electron chi connectivity index (χ4n) is 0.708. The molecule has 0 aromatic rings. The van der Waals surface area contributed by atoms with E-state index in [2.05, 4.69) is 10.6 Å². The van der Waals surface area contributed by atoms with Gasteiger partial charge >= 0.3 is 0 Å². The zero-order chi connectivity index (χ0) is 11.0. The van der Waals surface area contributed by atoms with E-state index in [0.717, 1.165) is 6.54 Å². The number of alkyl halides is 1. The van der Waals surface area contributed by atoms with Crippen LogP contribution in [0.3, 0.4) is 0 Å². The largest absolute Gasteiger partial charge is 0.353 e.